The van der Waals surface area contributed by atoms with Crippen molar-refractivity contribution < 1.29 is 4.79 Å². The number of rotatable bonds is 1. The molecule has 1 rings (SSSR count). The maximum absolute atomic E-state index is 10.3. The first-order valence-electron chi connectivity index (χ1n) is 3.67. The third kappa shape index (κ3) is 3.08. The molecule has 1 fully saturated rings. The topological polar surface area (TPSA) is 46.3 Å². The van der Waals surface area contributed by atoms with E-state index in [2.05, 4.69) is 6.92 Å². The van der Waals surface area contributed by atoms with Gasteiger partial charge in [0.05, 0.1) is 0 Å². The van der Waals surface area contributed by atoms with Gasteiger partial charge in [0, 0.05) is 19.1 Å². The second-order valence-electron chi connectivity index (χ2n) is 3.16. The molecule has 1 aliphatic heterocycles. The third-order valence-electron chi connectivity index (χ3n) is 1.87. The number of hydrogen-bond acceptors (Lipinski definition) is 2. The normalized spacial score (nSPS) is 30.9. The van der Waals surface area contributed by atoms with Gasteiger partial charge in [-0.25, -0.2) is 0 Å². The summed E-state index contributed by atoms with van der Waals surface area (Å²) in [6.07, 6.45) is 1.93. The van der Waals surface area contributed by atoms with Crippen LogP contribution in [0.1, 0.15) is 13.3 Å². The predicted octanol–water partition coefficient (Wildman–Crippen LogP) is 0.234. The van der Waals surface area contributed by atoms with Crippen LogP contribution in [0.2, 0.25) is 0 Å². The maximum atomic E-state index is 10.3. The van der Waals surface area contributed by atoms with Crippen LogP contribution in [0.15, 0.2) is 0 Å². The van der Waals surface area contributed by atoms with Crippen molar-refractivity contribution in [2.75, 3.05) is 13.1 Å². The van der Waals surface area contributed by atoms with Gasteiger partial charge in [0.15, 0.2) is 0 Å². The predicted molar refractivity (Wildman–Crippen MR) is 46.6 cm³/mol. The lowest BCUT2D eigenvalue weighted by atomic mass is 9.97. The quantitative estimate of drug-likeness (QED) is 0.585. The molecule has 2 N–H and O–H groups in total. The van der Waals surface area contributed by atoms with Crippen molar-refractivity contribution in [2.45, 2.75) is 19.4 Å². The molecule has 0 unspecified atom stereocenters. The summed E-state index contributed by atoms with van der Waals surface area (Å²) in [5, 5.41) is 0. The van der Waals surface area contributed by atoms with E-state index in [-0.39, 0.29) is 18.4 Å². The van der Waals surface area contributed by atoms with Crippen molar-refractivity contribution in [1.82, 2.24) is 4.90 Å². The van der Waals surface area contributed by atoms with E-state index in [0.717, 1.165) is 25.9 Å². The molecule has 0 aromatic heterocycles. The molecule has 0 spiro atoms. The molecular formula is C7H15ClN2O. The fourth-order valence-corrected chi connectivity index (χ4v) is 1.53. The van der Waals surface area contributed by atoms with E-state index in [0.29, 0.717) is 5.92 Å². The van der Waals surface area contributed by atoms with Crippen LogP contribution >= 0.6 is 12.4 Å². The van der Waals surface area contributed by atoms with Crippen LogP contribution in [0.5, 0.6) is 0 Å². The zero-order valence-electron chi connectivity index (χ0n) is 6.69. The zero-order chi connectivity index (χ0) is 7.56. The number of hydrogen-bond donors (Lipinski definition) is 1. The van der Waals surface area contributed by atoms with Gasteiger partial charge in [-0.15, -0.1) is 12.4 Å². The molecule has 1 heterocycles. The van der Waals surface area contributed by atoms with Crippen molar-refractivity contribution in [1.29, 1.82) is 0 Å². The highest BCUT2D eigenvalue weighted by atomic mass is 35.5. The summed E-state index contributed by atoms with van der Waals surface area (Å²) in [5.74, 6) is 0.564. The Morgan fingerprint density at radius 1 is 1.55 bits per heavy atom. The SMILES string of the molecule is C[C@@H]1C[C@@H](N)CN(C=O)C1.Cl. The number of halogens is 1. The number of nitrogens with two attached hydrogens (primary N) is 1. The molecule has 0 aliphatic carbocycles. The molecule has 3 nitrogen and oxygen atoms in total. The molecule has 4 heteroatoms. The highest BCUT2D eigenvalue weighted by molar-refractivity contribution is 5.85. The zero-order valence-corrected chi connectivity index (χ0v) is 7.51. The first-order valence-corrected chi connectivity index (χ1v) is 3.67. The second-order valence-corrected chi connectivity index (χ2v) is 3.16. The Hall–Kier alpha value is -0.280. The van der Waals surface area contributed by atoms with E-state index >= 15 is 0 Å². The maximum Gasteiger partial charge on any atom is 0.209 e. The lowest BCUT2D eigenvalue weighted by Crippen LogP contribution is -2.45. The van der Waals surface area contributed by atoms with Crippen molar-refractivity contribution in [3.05, 3.63) is 0 Å². The number of carbonyl (C=O) groups is 1. The Labute approximate surface area is 73.3 Å². The van der Waals surface area contributed by atoms with Gasteiger partial charge in [0.1, 0.15) is 0 Å². The van der Waals surface area contributed by atoms with Crippen LogP contribution < -0.4 is 5.73 Å². The second kappa shape index (κ2) is 4.57. The fraction of sp³-hybridized carbons (Fsp3) is 0.857. The van der Waals surface area contributed by atoms with Crippen LogP contribution in [0.3, 0.4) is 0 Å². The molecule has 11 heavy (non-hydrogen) atoms. The minimum atomic E-state index is 0. The summed E-state index contributed by atoms with van der Waals surface area (Å²) in [5.41, 5.74) is 5.69. The van der Waals surface area contributed by atoms with Gasteiger partial charge in [0.2, 0.25) is 6.41 Å². The molecule has 0 bridgehead atoms. The Balaban J connectivity index is 0.000001000. The summed E-state index contributed by atoms with van der Waals surface area (Å²) in [4.78, 5) is 12.1. The van der Waals surface area contributed by atoms with Crippen molar-refractivity contribution >= 4 is 18.8 Å². The lowest BCUT2D eigenvalue weighted by molar-refractivity contribution is -0.119. The van der Waals surface area contributed by atoms with E-state index in [1.165, 1.54) is 0 Å². The average molecular weight is 179 g/mol. The van der Waals surface area contributed by atoms with Gasteiger partial charge in [-0.2, -0.15) is 0 Å². The molecule has 1 saturated heterocycles. The van der Waals surface area contributed by atoms with E-state index in [9.17, 15) is 4.79 Å². The lowest BCUT2D eigenvalue weighted by Gasteiger charge is -2.31. The highest BCUT2D eigenvalue weighted by Gasteiger charge is 2.20. The molecule has 1 aliphatic rings. The van der Waals surface area contributed by atoms with Gasteiger partial charge in [-0.05, 0) is 12.3 Å². The van der Waals surface area contributed by atoms with Crippen LogP contribution in [0, 0.1) is 5.92 Å². The molecule has 1 amide bonds. The van der Waals surface area contributed by atoms with Crippen LogP contribution in [-0.2, 0) is 4.79 Å². The fourth-order valence-electron chi connectivity index (χ4n) is 1.53. The minimum Gasteiger partial charge on any atom is -0.343 e. The largest absolute Gasteiger partial charge is 0.343 e. The molecule has 2 atom stereocenters. The number of carbonyl (C=O) groups excluding carboxylic acids is 1. The Bertz CT molecular complexity index is 122. The van der Waals surface area contributed by atoms with E-state index < -0.39 is 0 Å². The molecular weight excluding hydrogens is 164 g/mol. The summed E-state index contributed by atoms with van der Waals surface area (Å²) < 4.78 is 0. The Morgan fingerprint density at radius 2 is 2.18 bits per heavy atom. The van der Waals surface area contributed by atoms with Crippen LogP contribution in [0.4, 0.5) is 0 Å². The van der Waals surface area contributed by atoms with Gasteiger partial charge in [0.25, 0.3) is 0 Å². The number of piperidine rings is 1. The van der Waals surface area contributed by atoms with Crippen LogP contribution in [0.25, 0.3) is 0 Å². The van der Waals surface area contributed by atoms with Gasteiger partial charge in [-0.1, -0.05) is 6.92 Å². The molecule has 66 valence electrons. The number of likely N-dealkylation sites (tertiary alicyclic amines) is 1. The van der Waals surface area contributed by atoms with Gasteiger partial charge in [-0.3, -0.25) is 4.79 Å². The van der Waals surface area contributed by atoms with Crippen molar-refractivity contribution in [3.8, 4) is 0 Å². The summed E-state index contributed by atoms with van der Waals surface area (Å²) in [6, 6.07) is 0.189. The Morgan fingerprint density at radius 3 is 2.64 bits per heavy atom. The smallest absolute Gasteiger partial charge is 0.209 e. The van der Waals surface area contributed by atoms with E-state index in [1.807, 2.05) is 0 Å². The molecule has 0 saturated carbocycles. The first kappa shape index (κ1) is 10.7. The molecule has 0 aromatic carbocycles. The third-order valence-corrected chi connectivity index (χ3v) is 1.87. The minimum absolute atomic E-state index is 0. The summed E-state index contributed by atoms with van der Waals surface area (Å²) >= 11 is 0. The van der Waals surface area contributed by atoms with Crippen molar-refractivity contribution in [3.63, 3.8) is 0 Å². The van der Waals surface area contributed by atoms with E-state index in [1.54, 1.807) is 4.90 Å². The Kier molecular flexibility index (Phi) is 4.45. The summed E-state index contributed by atoms with van der Waals surface area (Å²) in [6.45, 7) is 3.72. The van der Waals surface area contributed by atoms with Gasteiger partial charge < -0.3 is 10.6 Å². The van der Waals surface area contributed by atoms with Crippen molar-refractivity contribution in [2.24, 2.45) is 11.7 Å². The van der Waals surface area contributed by atoms with Crippen LogP contribution in [-0.4, -0.2) is 30.4 Å². The molecule has 0 aromatic rings. The first-order chi connectivity index (χ1) is 4.72. The average Bonchev–Trinajstić information content (AvgIpc) is 1.85. The number of amides is 1. The standard InChI is InChI=1S/C7H14N2O.ClH/c1-6-2-7(8)4-9(3-6)5-10;/h5-7H,2-4,8H2,1H3;1H/t6-,7-;/m1./s1. The highest BCUT2D eigenvalue weighted by Crippen LogP contribution is 2.12. The molecule has 0 radical (unpaired) electrons. The number of nitrogens with zero attached hydrogens (tertiary/aromatic N) is 1. The monoisotopic (exact) mass is 178 g/mol. The van der Waals surface area contributed by atoms with E-state index in [4.69, 9.17) is 5.73 Å². The summed E-state index contributed by atoms with van der Waals surface area (Å²) in [7, 11) is 0. The van der Waals surface area contributed by atoms with Gasteiger partial charge >= 0.3 is 0 Å².